The first-order valence-corrected chi connectivity index (χ1v) is 9.97. The topological polar surface area (TPSA) is 71.8 Å². The quantitative estimate of drug-likeness (QED) is 0.630. The first-order valence-electron chi connectivity index (χ1n) is 9.18. The second-order valence-electron chi connectivity index (χ2n) is 6.75. The average Bonchev–Trinajstić information content (AvgIpc) is 3.36. The van der Waals surface area contributed by atoms with Gasteiger partial charge in [0.25, 0.3) is 11.8 Å². The number of nitrogens with zero attached hydrogens (tertiary/aromatic N) is 1. The second-order valence-corrected chi connectivity index (χ2v) is 7.53. The maximum atomic E-state index is 12.8. The molecule has 6 nitrogen and oxygen atoms in total. The van der Waals surface area contributed by atoms with E-state index in [-0.39, 0.29) is 23.7 Å². The summed E-state index contributed by atoms with van der Waals surface area (Å²) in [6.07, 6.45) is 0.646. The van der Waals surface area contributed by atoms with E-state index < -0.39 is 0 Å². The van der Waals surface area contributed by atoms with E-state index in [2.05, 4.69) is 21.2 Å². The van der Waals surface area contributed by atoms with E-state index in [0.29, 0.717) is 22.5 Å². The molecule has 3 aromatic rings. The standard InChI is InChI=1S/C22H19BrN2O4/c1-25(22(27)19-10-11-20(23)29-19)17-8-4-3-7-16(17)21(26)24-13-15-12-14-6-2-5-9-18(14)28-15/h2-11,15H,12-13H2,1H3,(H,24,26). The van der Waals surface area contributed by atoms with Crippen molar-refractivity contribution in [3.05, 3.63) is 82.2 Å². The van der Waals surface area contributed by atoms with Gasteiger partial charge in [-0.15, -0.1) is 0 Å². The van der Waals surface area contributed by atoms with Crippen molar-refractivity contribution in [2.75, 3.05) is 18.5 Å². The van der Waals surface area contributed by atoms with Crippen molar-refractivity contribution < 1.29 is 18.7 Å². The van der Waals surface area contributed by atoms with Crippen LogP contribution < -0.4 is 15.0 Å². The van der Waals surface area contributed by atoms with Gasteiger partial charge in [-0.05, 0) is 51.8 Å². The summed E-state index contributed by atoms with van der Waals surface area (Å²) in [6, 6.07) is 18.1. The molecule has 1 aliphatic heterocycles. The Balaban J connectivity index is 1.45. The lowest BCUT2D eigenvalue weighted by molar-refractivity contribution is 0.0934. The van der Waals surface area contributed by atoms with E-state index >= 15 is 0 Å². The summed E-state index contributed by atoms with van der Waals surface area (Å²) < 4.78 is 11.7. The highest BCUT2D eigenvalue weighted by Gasteiger charge is 2.25. The summed E-state index contributed by atoms with van der Waals surface area (Å²) in [5, 5.41) is 2.92. The van der Waals surface area contributed by atoms with Crippen molar-refractivity contribution in [3.8, 4) is 5.75 Å². The zero-order valence-corrected chi connectivity index (χ0v) is 17.3. The molecule has 0 fully saturated rings. The van der Waals surface area contributed by atoms with Crippen LogP contribution in [0.15, 0.2) is 69.8 Å². The molecule has 1 N–H and O–H groups in total. The summed E-state index contributed by atoms with van der Waals surface area (Å²) >= 11 is 3.19. The molecule has 1 unspecified atom stereocenters. The van der Waals surface area contributed by atoms with E-state index in [9.17, 15) is 9.59 Å². The van der Waals surface area contributed by atoms with E-state index in [4.69, 9.17) is 9.15 Å². The normalized spacial score (nSPS) is 14.8. The number of carbonyl (C=O) groups excluding carboxylic acids is 2. The van der Waals surface area contributed by atoms with Crippen LogP contribution in [0, 0.1) is 0 Å². The third-order valence-corrected chi connectivity index (χ3v) is 5.23. The summed E-state index contributed by atoms with van der Waals surface area (Å²) in [4.78, 5) is 26.9. The smallest absolute Gasteiger partial charge is 0.293 e. The van der Waals surface area contributed by atoms with Crippen LogP contribution >= 0.6 is 15.9 Å². The van der Waals surface area contributed by atoms with Gasteiger partial charge in [-0.1, -0.05) is 30.3 Å². The van der Waals surface area contributed by atoms with Crippen LogP contribution in [0.2, 0.25) is 0 Å². The zero-order valence-electron chi connectivity index (χ0n) is 15.7. The number of amides is 2. The lowest BCUT2D eigenvalue weighted by Crippen LogP contribution is -2.36. The van der Waals surface area contributed by atoms with Crippen molar-refractivity contribution in [3.63, 3.8) is 0 Å². The third-order valence-electron chi connectivity index (χ3n) is 4.80. The van der Waals surface area contributed by atoms with Gasteiger partial charge in [0.15, 0.2) is 10.4 Å². The Hall–Kier alpha value is -3.06. The van der Waals surface area contributed by atoms with Crippen molar-refractivity contribution in [1.82, 2.24) is 5.32 Å². The SMILES string of the molecule is CN(C(=O)c1ccc(Br)o1)c1ccccc1C(=O)NCC1Cc2ccccc2O1. The molecular weight excluding hydrogens is 436 g/mol. The fraction of sp³-hybridized carbons (Fsp3) is 0.182. The Morgan fingerprint density at radius 2 is 1.86 bits per heavy atom. The summed E-state index contributed by atoms with van der Waals surface area (Å²) in [7, 11) is 1.61. The molecule has 0 aliphatic carbocycles. The number of anilines is 1. The number of fused-ring (bicyclic) bond motifs is 1. The number of benzene rings is 2. The minimum absolute atomic E-state index is 0.108. The van der Waals surface area contributed by atoms with Crippen LogP contribution in [0.25, 0.3) is 0 Å². The first kappa shape index (κ1) is 19.3. The monoisotopic (exact) mass is 454 g/mol. The van der Waals surface area contributed by atoms with Gasteiger partial charge in [-0.2, -0.15) is 0 Å². The van der Waals surface area contributed by atoms with Crippen molar-refractivity contribution >= 4 is 33.4 Å². The van der Waals surface area contributed by atoms with Crippen LogP contribution in [0.4, 0.5) is 5.69 Å². The number of para-hydroxylation sites is 2. The van der Waals surface area contributed by atoms with Crippen molar-refractivity contribution in [2.45, 2.75) is 12.5 Å². The molecule has 7 heteroatoms. The van der Waals surface area contributed by atoms with E-state index in [0.717, 1.165) is 17.7 Å². The van der Waals surface area contributed by atoms with E-state index in [1.54, 1.807) is 43.4 Å². The summed E-state index contributed by atoms with van der Waals surface area (Å²) in [5.41, 5.74) is 2.05. The van der Waals surface area contributed by atoms with Gasteiger partial charge in [0.1, 0.15) is 11.9 Å². The highest BCUT2D eigenvalue weighted by atomic mass is 79.9. The molecule has 1 atom stereocenters. The van der Waals surface area contributed by atoms with Gasteiger partial charge < -0.3 is 19.4 Å². The Bertz CT molecular complexity index is 1040. The largest absolute Gasteiger partial charge is 0.488 e. The van der Waals surface area contributed by atoms with Crippen molar-refractivity contribution in [2.24, 2.45) is 0 Å². The maximum Gasteiger partial charge on any atom is 0.293 e. The maximum absolute atomic E-state index is 12.8. The van der Waals surface area contributed by atoms with Gasteiger partial charge in [-0.3, -0.25) is 9.59 Å². The Morgan fingerprint density at radius 3 is 2.62 bits per heavy atom. The number of nitrogens with one attached hydrogen (secondary N) is 1. The van der Waals surface area contributed by atoms with Gasteiger partial charge >= 0.3 is 0 Å². The number of hydrogen-bond acceptors (Lipinski definition) is 4. The number of furan rings is 1. The van der Waals surface area contributed by atoms with Crippen LogP contribution in [-0.2, 0) is 6.42 Å². The minimum atomic E-state index is -0.342. The molecular formula is C22H19BrN2O4. The fourth-order valence-corrected chi connectivity index (χ4v) is 3.64. The van der Waals surface area contributed by atoms with Gasteiger partial charge in [0.2, 0.25) is 0 Å². The average molecular weight is 455 g/mol. The Kier molecular flexibility index (Phi) is 5.40. The van der Waals surface area contributed by atoms with Crippen LogP contribution in [0.1, 0.15) is 26.5 Å². The lowest BCUT2D eigenvalue weighted by atomic mass is 10.1. The molecule has 29 heavy (non-hydrogen) atoms. The Labute approximate surface area is 176 Å². The molecule has 0 saturated heterocycles. The molecule has 0 bridgehead atoms. The van der Waals surface area contributed by atoms with Crippen LogP contribution in [-0.4, -0.2) is 31.5 Å². The Morgan fingerprint density at radius 1 is 1.10 bits per heavy atom. The third kappa shape index (κ3) is 4.05. The van der Waals surface area contributed by atoms with Gasteiger partial charge in [-0.25, -0.2) is 0 Å². The second kappa shape index (κ2) is 8.13. The predicted molar refractivity (Wildman–Crippen MR) is 112 cm³/mol. The molecule has 4 rings (SSSR count). The molecule has 0 saturated carbocycles. The predicted octanol–water partition coefficient (Wildman–Crippen LogP) is 4.05. The van der Waals surface area contributed by atoms with Crippen LogP contribution in [0.3, 0.4) is 0 Å². The summed E-state index contributed by atoms with van der Waals surface area (Å²) in [6.45, 7) is 0.380. The zero-order chi connectivity index (χ0) is 20.4. The van der Waals surface area contributed by atoms with Crippen molar-refractivity contribution in [1.29, 1.82) is 0 Å². The van der Waals surface area contributed by atoms with E-state index in [1.165, 1.54) is 4.90 Å². The minimum Gasteiger partial charge on any atom is -0.488 e. The number of hydrogen-bond donors (Lipinski definition) is 1. The number of ether oxygens (including phenoxy) is 1. The fourth-order valence-electron chi connectivity index (χ4n) is 3.33. The molecule has 1 aliphatic rings. The molecule has 2 amide bonds. The summed E-state index contributed by atoms with van der Waals surface area (Å²) in [5.74, 6) is 0.444. The highest BCUT2D eigenvalue weighted by Crippen LogP contribution is 2.28. The van der Waals surface area contributed by atoms with E-state index in [1.807, 2.05) is 24.3 Å². The number of carbonyl (C=O) groups is 2. The molecule has 148 valence electrons. The molecule has 0 radical (unpaired) electrons. The molecule has 2 aromatic carbocycles. The lowest BCUT2D eigenvalue weighted by Gasteiger charge is -2.20. The number of rotatable bonds is 5. The van der Waals surface area contributed by atoms with Crippen LogP contribution in [0.5, 0.6) is 5.75 Å². The highest BCUT2D eigenvalue weighted by molar-refractivity contribution is 9.10. The molecule has 0 spiro atoms. The first-order chi connectivity index (χ1) is 14.0. The molecule has 2 heterocycles. The molecule has 1 aromatic heterocycles. The van der Waals surface area contributed by atoms with Gasteiger partial charge in [0.05, 0.1) is 17.8 Å². The number of halogens is 1. The van der Waals surface area contributed by atoms with Gasteiger partial charge in [0, 0.05) is 13.5 Å².